The summed E-state index contributed by atoms with van der Waals surface area (Å²) in [6, 6.07) is 11.9. The second-order valence-corrected chi connectivity index (χ2v) is 10.4. The van der Waals surface area contributed by atoms with Crippen molar-refractivity contribution in [3.05, 3.63) is 67.0 Å². The van der Waals surface area contributed by atoms with Gasteiger partial charge in [-0.1, -0.05) is 62.1 Å². The quantitative estimate of drug-likeness (QED) is 0.215. The molecule has 0 radical (unpaired) electrons. The summed E-state index contributed by atoms with van der Waals surface area (Å²) in [6.07, 6.45) is 12.7. The topological polar surface area (TPSA) is 93.2 Å². The predicted octanol–water partition coefficient (Wildman–Crippen LogP) is 4.81. The Labute approximate surface area is 214 Å². The molecule has 0 saturated heterocycles. The zero-order chi connectivity index (χ0) is 25.4. The number of carbonyl (C=O) groups is 2. The van der Waals surface area contributed by atoms with Crippen molar-refractivity contribution in [1.82, 2.24) is 15.5 Å². The second-order valence-electron chi connectivity index (χ2n) is 10.4. The summed E-state index contributed by atoms with van der Waals surface area (Å²) in [5.41, 5.74) is 0.598. The smallest absolute Gasteiger partial charge is 0.317 e. The van der Waals surface area contributed by atoms with Crippen LogP contribution in [-0.4, -0.2) is 40.8 Å². The van der Waals surface area contributed by atoms with Gasteiger partial charge in [-0.15, -0.1) is 6.58 Å². The van der Waals surface area contributed by atoms with Crippen molar-refractivity contribution in [2.75, 3.05) is 18.4 Å². The van der Waals surface area contributed by atoms with Crippen LogP contribution < -0.4 is 10.6 Å². The number of hydrogen-bond acceptors (Lipinski definition) is 6. The van der Waals surface area contributed by atoms with Gasteiger partial charge < -0.3 is 15.4 Å². The van der Waals surface area contributed by atoms with Crippen molar-refractivity contribution in [3.63, 3.8) is 0 Å². The van der Waals surface area contributed by atoms with E-state index in [2.05, 4.69) is 46.5 Å². The highest BCUT2D eigenvalue weighted by Crippen LogP contribution is 2.51. The van der Waals surface area contributed by atoms with Gasteiger partial charge in [0.1, 0.15) is 5.60 Å². The van der Waals surface area contributed by atoms with E-state index in [4.69, 9.17) is 4.74 Å². The Hall–Kier alpha value is -3.06. The number of esters is 1. The minimum absolute atomic E-state index is 0.0797. The van der Waals surface area contributed by atoms with Gasteiger partial charge in [-0.3, -0.25) is 9.59 Å². The van der Waals surface area contributed by atoms with E-state index >= 15 is 0 Å². The lowest BCUT2D eigenvalue weighted by Gasteiger charge is -2.52. The zero-order valence-electron chi connectivity index (χ0n) is 21.2. The maximum atomic E-state index is 13.9. The van der Waals surface area contributed by atoms with Crippen LogP contribution in [0.15, 0.2) is 61.4 Å². The first-order valence-corrected chi connectivity index (χ1v) is 13.2. The molecular formula is C29H38N4O3. The second kappa shape index (κ2) is 11.8. The van der Waals surface area contributed by atoms with Crippen molar-refractivity contribution in [1.29, 1.82) is 0 Å². The van der Waals surface area contributed by atoms with E-state index in [0.717, 1.165) is 56.9 Å². The lowest BCUT2D eigenvalue weighted by Crippen LogP contribution is -2.57. The van der Waals surface area contributed by atoms with Gasteiger partial charge in [0.2, 0.25) is 5.91 Å². The molecule has 1 amide bonds. The first-order valence-electron chi connectivity index (χ1n) is 13.2. The van der Waals surface area contributed by atoms with Crippen molar-refractivity contribution in [2.24, 2.45) is 11.8 Å². The third-order valence-corrected chi connectivity index (χ3v) is 8.03. The Kier molecular flexibility index (Phi) is 8.52. The molecule has 0 aliphatic heterocycles. The third kappa shape index (κ3) is 5.84. The van der Waals surface area contributed by atoms with Crippen LogP contribution in [0.3, 0.4) is 0 Å². The number of hydrogen-bond donors (Lipinski definition) is 2. The maximum absolute atomic E-state index is 13.9. The Balaban J connectivity index is 1.36. The average molecular weight is 491 g/mol. The lowest BCUT2D eigenvalue weighted by molar-refractivity contribution is -0.194. The first kappa shape index (κ1) is 26.0. The van der Waals surface area contributed by atoms with Crippen molar-refractivity contribution >= 4 is 17.6 Å². The molecule has 0 spiro atoms. The van der Waals surface area contributed by atoms with E-state index in [1.54, 1.807) is 6.07 Å². The van der Waals surface area contributed by atoms with Gasteiger partial charge in [0, 0.05) is 5.92 Å². The Bertz CT molecular complexity index is 1020. The van der Waals surface area contributed by atoms with Crippen LogP contribution in [0.4, 0.5) is 5.69 Å². The molecule has 4 rings (SSSR count). The number of ether oxygens (including phenoxy) is 1. The summed E-state index contributed by atoms with van der Waals surface area (Å²) in [5.74, 6) is 0.244. The van der Waals surface area contributed by atoms with Gasteiger partial charge in [-0.25, -0.2) is 0 Å². The fourth-order valence-electron chi connectivity index (χ4n) is 5.98. The average Bonchev–Trinajstić information content (AvgIpc) is 3.15. The molecule has 2 aliphatic carbocycles. The van der Waals surface area contributed by atoms with Gasteiger partial charge in [0.25, 0.3) is 0 Å². The van der Waals surface area contributed by atoms with Crippen LogP contribution in [0.25, 0.3) is 0 Å². The van der Waals surface area contributed by atoms with E-state index in [1.165, 1.54) is 12.4 Å². The van der Waals surface area contributed by atoms with E-state index in [1.807, 2.05) is 24.3 Å². The molecule has 0 bridgehead atoms. The molecule has 7 heteroatoms. The number of anilines is 1. The number of rotatable bonds is 10. The van der Waals surface area contributed by atoms with Crippen LogP contribution in [-0.2, 0) is 19.7 Å². The molecule has 1 aromatic heterocycles. The summed E-state index contributed by atoms with van der Waals surface area (Å²) in [5, 5.41) is 13.5. The molecule has 2 aliphatic rings. The number of allylic oxidation sites excluding steroid dienone is 1. The number of benzene rings is 1. The van der Waals surface area contributed by atoms with E-state index < -0.39 is 11.0 Å². The fraction of sp³-hybridized carbons (Fsp3) is 0.517. The summed E-state index contributed by atoms with van der Waals surface area (Å²) < 4.78 is 6.42. The summed E-state index contributed by atoms with van der Waals surface area (Å²) in [7, 11) is 0. The Morgan fingerprint density at radius 1 is 1.11 bits per heavy atom. The molecule has 36 heavy (non-hydrogen) atoms. The maximum Gasteiger partial charge on any atom is 0.317 e. The SMILES string of the molecule is C=CC1C[C@](C)(OC(=O)C2(c3ccccc3)CCCCCC2)C1CCNCC(=O)Nc1ccnnc1. The molecule has 2 aromatic rings. The molecule has 2 N–H and O–H groups in total. The molecule has 192 valence electrons. The standard InChI is InChI=1S/C29H38N4O3/c1-3-22-19-28(2,25(22)14-17-30-21-26(34)33-24-13-18-31-32-20-24)36-27(35)29(15-9-4-5-10-16-29)23-11-7-6-8-12-23/h3,6-8,11-13,18,20,22,25,30H,1,4-5,9-10,14-17,19,21H2,2H3,(H,31,33,34)/t22?,25?,28-/m0/s1. The zero-order valence-corrected chi connectivity index (χ0v) is 21.2. The third-order valence-electron chi connectivity index (χ3n) is 8.03. The lowest BCUT2D eigenvalue weighted by atomic mass is 9.60. The van der Waals surface area contributed by atoms with Crippen molar-refractivity contribution < 1.29 is 14.3 Å². The van der Waals surface area contributed by atoms with Gasteiger partial charge in [0.05, 0.1) is 30.0 Å². The van der Waals surface area contributed by atoms with Gasteiger partial charge in [-0.05, 0) is 56.7 Å². The largest absolute Gasteiger partial charge is 0.458 e. The normalized spacial score (nSPS) is 25.1. The molecule has 1 aromatic carbocycles. The molecular weight excluding hydrogens is 452 g/mol. The molecule has 7 nitrogen and oxygen atoms in total. The highest BCUT2D eigenvalue weighted by atomic mass is 16.6. The Morgan fingerprint density at radius 3 is 2.53 bits per heavy atom. The molecule has 2 unspecified atom stereocenters. The number of nitrogens with one attached hydrogen (secondary N) is 2. The Morgan fingerprint density at radius 2 is 1.86 bits per heavy atom. The molecule has 2 saturated carbocycles. The van der Waals surface area contributed by atoms with Crippen LogP contribution in [0, 0.1) is 11.8 Å². The fourth-order valence-corrected chi connectivity index (χ4v) is 5.98. The number of carbonyl (C=O) groups excluding carboxylic acids is 2. The summed E-state index contributed by atoms with van der Waals surface area (Å²) >= 11 is 0. The minimum Gasteiger partial charge on any atom is -0.458 e. The monoisotopic (exact) mass is 490 g/mol. The van der Waals surface area contributed by atoms with E-state index in [-0.39, 0.29) is 24.3 Å². The number of nitrogens with zero attached hydrogens (tertiary/aromatic N) is 2. The molecule has 1 heterocycles. The summed E-state index contributed by atoms with van der Waals surface area (Å²) in [6.45, 7) is 6.91. The predicted molar refractivity (Wildman–Crippen MR) is 140 cm³/mol. The first-order chi connectivity index (χ1) is 17.5. The van der Waals surface area contributed by atoms with E-state index in [9.17, 15) is 9.59 Å². The minimum atomic E-state index is -0.567. The number of amides is 1. The van der Waals surface area contributed by atoms with E-state index in [0.29, 0.717) is 18.2 Å². The van der Waals surface area contributed by atoms with Gasteiger partial charge >= 0.3 is 5.97 Å². The van der Waals surface area contributed by atoms with Crippen molar-refractivity contribution in [2.45, 2.75) is 69.3 Å². The number of aromatic nitrogens is 2. The van der Waals surface area contributed by atoms with Crippen LogP contribution in [0.1, 0.15) is 63.9 Å². The van der Waals surface area contributed by atoms with Gasteiger partial charge in [0.15, 0.2) is 0 Å². The highest BCUT2D eigenvalue weighted by Gasteiger charge is 2.54. The van der Waals surface area contributed by atoms with Crippen LogP contribution in [0.5, 0.6) is 0 Å². The summed E-state index contributed by atoms with van der Waals surface area (Å²) in [4.78, 5) is 26.1. The molecule has 3 atom stereocenters. The van der Waals surface area contributed by atoms with Crippen LogP contribution >= 0.6 is 0 Å². The highest BCUT2D eigenvalue weighted by molar-refractivity contribution is 5.92. The van der Waals surface area contributed by atoms with Crippen molar-refractivity contribution in [3.8, 4) is 0 Å². The molecule has 2 fully saturated rings. The van der Waals surface area contributed by atoms with Gasteiger partial charge in [-0.2, -0.15) is 10.2 Å². The van der Waals surface area contributed by atoms with Crippen LogP contribution in [0.2, 0.25) is 0 Å².